The minimum absolute atomic E-state index is 0.534. The van der Waals surface area contributed by atoms with Crippen LogP contribution in [0.15, 0.2) is 48.5 Å². The predicted octanol–water partition coefficient (Wildman–Crippen LogP) is 4.66. The van der Waals surface area contributed by atoms with Gasteiger partial charge in [0.05, 0.1) is 6.61 Å². The summed E-state index contributed by atoms with van der Waals surface area (Å²) in [4.78, 5) is 0. The Bertz CT molecular complexity index is 569. The van der Waals surface area contributed by atoms with Gasteiger partial charge < -0.3 is 10.1 Å². The second-order valence-electron chi connectivity index (χ2n) is 5.55. The van der Waals surface area contributed by atoms with Gasteiger partial charge in [-0.25, -0.2) is 0 Å². The Kier molecular flexibility index (Phi) is 6.09. The van der Waals surface area contributed by atoms with Crippen molar-refractivity contribution in [3.63, 3.8) is 0 Å². The highest BCUT2D eigenvalue weighted by molar-refractivity contribution is 6.31. The zero-order valence-electron chi connectivity index (χ0n) is 12.6. The molecule has 0 heterocycles. The molecule has 0 spiro atoms. The van der Waals surface area contributed by atoms with Crippen LogP contribution in [-0.2, 0) is 13.1 Å². The zero-order chi connectivity index (χ0) is 15.1. The molecule has 2 aromatic carbocycles. The molecule has 2 aromatic rings. The lowest BCUT2D eigenvalue weighted by Crippen LogP contribution is -2.13. The maximum atomic E-state index is 6.14. The van der Waals surface area contributed by atoms with Gasteiger partial charge >= 0.3 is 0 Å². The third-order valence-corrected chi connectivity index (χ3v) is 3.45. The fourth-order valence-electron chi connectivity index (χ4n) is 1.99. The smallest absolute Gasteiger partial charge is 0.119 e. The Labute approximate surface area is 132 Å². The predicted molar refractivity (Wildman–Crippen MR) is 88.8 cm³/mol. The van der Waals surface area contributed by atoms with E-state index in [2.05, 4.69) is 31.3 Å². The molecule has 0 aliphatic heterocycles. The molecule has 0 unspecified atom stereocenters. The lowest BCUT2D eigenvalue weighted by molar-refractivity contribution is 0.271. The van der Waals surface area contributed by atoms with Crippen LogP contribution in [0.5, 0.6) is 5.75 Å². The fourth-order valence-corrected chi connectivity index (χ4v) is 2.19. The minimum atomic E-state index is 0.534. The maximum absolute atomic E-state index is 6.14. The molecule has 1 N–H and O–H groups in total. The van der Waals surface area contributed by atoms with E-state index in [-0.39, 0.29) is 0 Å². The molecule has 2 rings (SSSR count). The van der Waals surface area contributed by atoms with Gasteiger partial charge in [0.25, 0.3) is 0 Å². The molecule has 0 aliphatic carbocycles. The van der Waals surface area contributed by atoms with Crippen molar-refractivity contribution in [2.45, 2.75) is 26.9 Å². The van der Waals surface area contributed by atoms with E-state index in [0.29, 0.717) is 5.92 Å². The third-order valence-electron chi connectivity index (χ3n) is 3.08. The molecule has 0 aliphatic rings. The molecular formula is C18H22ClNO. The van der Waals surface area contributed by atoms with Crippen molar-refractivity contribution in [2.75, 3.05) is 6.61 Å². The monoisotopic (exact) mass is 303 g/mol. The molecule has 0 amide bonds. The molecule has 112 valence electrons. The number of rotatable bonds is 7. The molecule has 0 fully saturated rings. The van der Waals surface area contributed by atoms with Crippen molar-refractivity contribution in [3.05, 3.63) is 64.7 Å². The van der Waals surface area contributed by atoms with Gasteiger partial charge in [0.2, 0.25) is 0 Å². The van der Waals surface area contributed by atoms with Crippen molar-refractivity contribution in [2.24, 2.45) is 5.92 Å². The van der Waals surface area contributed by atoms with E-state index in [1.165, 1.54) is 5.56 Å². The van der Waals surface area contributed by atoms with E-state index in [1.54, 1.807) is 0 Å². The Morgan fingerprint density at radius 2 is 1.86 bits per heavy atom. The lowest BCUT2D eigenvalue weighted by atomic mass is 10.2. The maximum Gasteiger partial charge on any atom is 0.119 e. The number of halogens is 1. The van der Waals surface area contributed by atoms with E-state index in [9.17, 15) is 0 Å². The molecule has 21 heavy (non-hydrogen) atoms. The van der Waals surface area contributed by atoms with Crippen LogP contribution < -0.4 is 10.1 Å². The Morgan fingerprint density at radius 1 is 1.05 bits per heavy atom. The van der Waals surface area contributed by atoms with Crippen molar-refractivity contribution in [3.8, 4) is 5.75 Å². The van der Waals surface area contributed by atoms with Crippen LogP contribution in [0.25, 0.3) is 0 Å². The average molecular weight is 304 g/mol. The topological polar surface area (TPSA) is 21.3 Å². The van der Waals surface area contributed by atoms with Crippen LogP contribution in [0.4, 0.5) is 0 Å². The first-order valence-electron chi connectivity index (χ1n) is 7.31. The van der Waals surface area contributed by atoms with E-state index in [0.717, 1.165) is 36.0 Å². The van der Waals surface area contributed by atoms with Crippen LogP contribution in [0.3, 0.4) is 0 Å². The largest absolute Gasteiger partial charge is 0.493 e. The molecule has 0 atom stereocenters. The van der Waals surface area contributed by atoms with Gasteiger partial charge in [0, 0.05) is 18.1 Å². The summed E-state index contributed by atoms with van der Waals surface area (Å²) >= 11 is 6.14. The van der Waals surface area contributed by atoms with Gasteiger partial charge in [-0.1, -0.05) is 55.8 Å². The average Bonchev–Trinajstić information content (AvgIpc) is 2.48. The summed E-state index contributed by atoms with van der Waals surface area (Å²) in [6.07, 6.45) is 0. The van der Waals surface area contributed by atoms with Crippen molar-refractivity contribution >= 4 is 11.6 Å². The first kappa shape index (κ1) is 15.9. The minimum Gasteiger partial charge on any atom is -0.493 e. The third kappa shape index (κ3) is 5.41. The highest BCUT2D eigenvalue weighted by Gasteiger charge is 2.01. The van der Waals surface area contributed by atoms with Crippen molar-refractivity contribution in [1.29, 1.82) is 0 Å². The molecule has 0 saturated heterocycles. The summed E-state index contributed by atoms with van der Waals surface area (Å²) in [6.45, 7) is 6.60. The summed E-state index contributed by atoms with van der Waals surface area (Å²) < 4.78 is 5.74. The van der Waals surface area contributed by atoms with Gasteiger partial charge in [-0.3, -0.25) is 0 Å². The SMILES string of the molecule is CC(C)COc1cccc(CNCc2ccccc2Cl)c1. The van der Waals surface area contributed by atoms with Gasteiger partial charge in [0.15, 0.2) is 0 Å². The summed E-state index contributed by atoms with van der Waals surface area (Å²) in [6, 6.07) is 16.1. The van der Waals surface area contributed by atoms with Crippen LogP contribution in [0.2, 0.25) is 5.02 Å². The molecule has 0 saturated carbocycles. The Balaban J connectivity index is 1.86. The fraction of sp³-hybridized carbons (Fsp3) is 0.333. The van der Waals surface area contributed by atoms with Crippen LogP contribution in [-0.4, -0.2) is 6.61 Å². The standard InChI is InChI=1S/C18H22ClNO/c1-14(2)13-21-17-8-5-6-15(10-17)11-20-12-16-7-3-4-9-18(16)19/h3-10,14,20H,11-13H2,1-2H3. The number of hydrogen-bond donors (Lipinski definition) is 1. The number of nitrogens with one attached hydrogen (secondary N) is 1. The first-order valence-corrected chi connectivity index (χ1v) is 7.69. The molecule has 0 aromatic heterocycles. The number of hydrogen-bond acceptors (Lipinski definition) is 2. The van der Waals surface area contributed by atoms with Crippen molar-refractivity contribution in [1.82, 2.24) is 5.32 Å². The van der Waals surface area contributed by atoms with E-state index < -0.39 is 0 Å². The molecule has 3 heteroatoms. The quantitative estimate of drug-likeness (QED) is 0.803. The molecule has 0 radical (unpaired) electrons. The second-order valence-corrected chi connectivity index (χ2v) is 5.95. The van der Waals surface area contributed by atoms with Gasteiger partial charge in [-0.15, -0.1) is 0 Å². The van der Waals surface area contributed by atoms with Gasteiger partial charge in [0.1, 0.15) is 5.75 Å². The van der Waals surface area contributed by atoms with Crippen LogP contribution in [0.1, 0.15) is 25.0 Å². The summed E-state index contributed by atoms with van der Waals surface area (Å²) in [7, 11) is 0. The summed E-state index contributed by atoms with van der Waals surface area (Å²) in [5.74, 6) is 1.47. The zero-order valence-corrected chi connectivity index (χ0v) is 13.4. The van der Waals surface area contributed by atoms with Gasteiger partial charge in [-0.05, 0) is 35.2 Å². The summed E-state index contributed by atoms with van der Waals surface area (Å²) in [5.41, 5.74) is 2.33. The van der Waals surface area contributed by atoms with E-state index in [4.69, 9.17) is 16.3 Å². The normalized spacial score (nSPS) is 10.9. The Morgan fingerprint density at radius 3 is 2.62 bits per heavy atom. The highest BCUT2D eigenvalue weighted by atomic mass is 35.5. The van der Waals surface area contributed by atoms with Gasteiger partial charge in [-0.2, -0.15) is 0 Å². The number of ether oxygens (including phenoxy) is 1. The lowest BCUT2D eigenvalue weighted by Gasteiger charge is -2.11. The van der Waals surface area contributed by atoms with E-state index >= 15 is 0 Å². The van der Waals surface area contributed by atoms with Crippen LogP contribution in [0, 0.1) is 5.92 Å². The van der Waals surface area contributed by atoms with E-state index in [1.807, 2.05) is 36.4 Å². The van der Waals surface area contributed by atoms with Crippen LogP contribution >= 0.6 is 11.6 Å². The molecule has 2 nitrogen and oxygen atoms in total. The highest BCUT2D eigenvalue weighted by Crippen LogP contribution is 2.16. The first-order chi connectivity index (χ1) is 10.1. The second kappa shape index (κ2) is 8.06. The summed E-state index contributed by atoms with van der Waals surface area (Å²) in [5, 5.41) is 4.22. The Hall–Kier alpha value is -1.51. The molecule has 0 bridgehead atoms. The number of benzene rings is 2. The van der Waals surface area contributed by atoms with Crippen molar-refractivity contribution < 1.29 is 4.74 Å². The molecular weight excluding hydrogens is 282 g/mol.